The molecule has 15 heavy (non-hydrogen) atoms. The molecular weight excluding hydrogens is 210 g/mol. The Hall–Kier alpha value is -0.203. The van der Waals surface area contributed by atoms with Crippen molar-refractivity contribution in [3.63, 3.8) is 0 Å². The summed E-state index contributed by atoms with van der Waals surface area (Å²) in [5, 5.41) is 0. The van der Waals surface area contributed by atoms with Crippen LogP contribution in [0.5, 0.6) is 0 Å². The molecule has 0 aromatic carbocycles. The largest absolute Gasteiger partial charge is 0.505 e. The van der Waals surface area contributed by atoms with E-state index >= 15 is 0 Å². The second-order valence-corrected chi connectivity index (χ2v) is 6.48. The topological polar surface area (TPSA) is 30.9 Å². The van der Waals surface area contributed by atoms with Crippen molar-refractivity contribution >= 4 is 8.80 Å². The van der Waals surface area contributed by atoms with Gasteiger partial charge < -0.3 is 13.3 Å². The fraction of sp³-hybridized carbons (Fsp3) is 0.800. The van der Waals surface area contributed by atoms with Crippen molar-refractivity contribution in [1.82, 2.24) is 4.90 Å². The van der Waals surface area contributed by atoms with E-state index < -0.39 is 8.80 Å². The third-order valence-electron chi connectivity index (χ3n) is 2.79. The third-order valence-corrected chi connectivity index (χ3v) is 5.46. The Bertz CT molecular complexity index is 208. The summed E-state index contributed by atoms with van der Waals surface area (Å²) in [7, 11) is -2.36. The number of nitrogens with zero attached hydrogens (tertiary/aromatic N) is 1. The smallest absolute Gasteiger partial charge is 0.372 e. The summed E-state index contributed by atoms with van der Waals surface area (Å²) < 4.78 is 17.5. The molecule has 0 saturated carbocycles. The minimum atomic E-state index is -2.36. The average Bonchev–Trinajstić information content (AvgIpc) is 2.14. The molecule has 86 valence electrons. The molecule has 3 saturated heterocycles. The summed E-state index contributed by atoms with van der Waals surface area (Å²) in [6, 6.07) is 0.809. The van der Waals surface area contributed by atoms with Crippen LogP contribution in [0.3, 0.4) is 0 Å². The molecule has 0 spiro atoms. The van der Waals surface area contributed by atoms with Crippen molar-refractivity contribution in [3.8, 4) is 0 Å². The molecule has 0 unspecified atom stereocenters. The second kappa shape index (κ2) is 5.22. The van der Waals surface area contributed by atoms with Gasteiger partial charge >= 0.3 is 8.80 Å². The highest BCUT2D eigenvalue weighted by molar-refractivity contribution is 6.61. The number of fused-ring (bicyclic) bond motifs is 6. The van der Waals surface area contributed by atoms with Gasteiger partial charge in [0, 0.05) is 25.7 Å². The molecule has 0 atom stereocenters. The maximum Gasteiger partial charge on any atom is 0.505 e. The lowest BCUT2D eigenvalue weighted by Crippen LogP contribution is -2.54. The Morgan fingerprint density at radius 1 is 1.07 bits per heavy atom. The fourth-order valence-electron chi connectivity index (χ4n) is 1.89. The highest BCUT2D eigenvalue weighted by Crippen LogP contribution is 2.20. The number of hydrogen-bond donors (Lipinski definition) is 0. The van der Waals surface area contributed by atoms with Crippen molar-refractivity contribution in [3.05, 3.63) is 12.2 Å². The molecule has 0 aromatic rings. The first-order valence-corrected chi connectivity index (χ1v) is 7.53. The van der Waals surface area contributed by atoms with Gasteiger partial charge in [0.15, 0.2) is 0 Å². The fourth-order valence-corrected chi connectivity index (χ4v) is 4.22. The van der Waals surface area contributed by atoms with E-state index in [0.29, 0.717) is 0 Å². The monoisotopic (exact) mass is 229 g/mol. The first kappa shape index (κ1) is 11.3. The molecule has 3 aliphatic heterocycles. The molecule has 0 aromatic heterocycles. The van der Waals surface area contributed by atoms with Crippen LogP contribution in [0.25, 0.3) is 0 Å². The zero-order chi connectivity index (χ0) is 10.6. The molecular formula is C10H19NO3Si. The van der Waals surface area contributed by atoms with Crippen molar-refractivity contribution in [2.24, 2.45) is 0 Å². The number of hydrogen-bond acceptors (Lipinski definition) is 4. The number of allylic oxidation sites excluding steroid dienone is 2. The summed E-state index contributed by atoms with van der Waals surface area (Å²) >= 11 is 0. The molecule has 5 heteroatoms. The van der Waals surface area contributed by atoms with Crippen molar-refractivity contribution in [2.75, 3.05) is 39.5 Å². The van der Waals surface area contributed by atoms with E-state index in [1.807, 2.05) is 13.0 Å². The Kier molecular flexibility index (Phi) is 3.93. The predicted octanol–water partition coefficient (Wildman–Crippen LogP) is 0.880. The first-order valence-electron chi connectivity index (χ1n) is 5.60. The third kappa shape index (κ3) is 2.89. The maximum atomic E-state index is 5.85. The maximum absolute atomic E-state index is 5.85. The molecule has 3 fully saturated rings. The summed E-state index contributed by atoms with van der Waals surface area (Å²) in [4.78, 5) is 2.33. The molecule has 0 aliphatic carbocycles. The second-order valence-electron chi connectivity index (χ2n) is 3.84. The van der Waals surface area contributed by atoms with Crippen LogP contribution in [0, 0.1) is 0 Å². The van der Waals surface area contributed by atoms with Gasteiger partial charge in [0.25, 0.3) is 0 Å². The number of rotatable bonds is 2. The van der Waals surface area contributed by atoms with Gasteiger partial charge in [-0.2, -0.15) is 0 Å². The minimum Gasteiger partial charge on any atom is -0.372 e. The summed E-state index contributed by atoms with van der Waals surface area (Å²) in [5.41, 5.74) is 0. The van der Waals surface area contributed by atoms with E-state index in [1.54, 1.807) is 0 Å². The van der Waals surface area contributed by atoms with E-state index in [0.717, 1.165) is 45.5 Å². The van der Waals surface area contributed by atoms with E-state index in [4.69, 9.17) is 13.3 Å². The predicted molar refractivity (Wildman–Crippen MR) is 59.7 cm³/mol. The summed E-state index contributed by atoms with van der Waals surface area (Å²) in [5.74, 6) is 0. The van der Waals surface area contributed by atoms with Crippen molar-refractivity contribution in [1.29, 1.82) is 0 Å². The molecule has 3 rings (SSSR count). The Labute approximate surface area is 92.2 Å². The van der Waals surface area contributed by atoms with Crippen molar-refractivity contribution in [2.45, 2.75) is 13.0 Å². The van der Waals surface area contributed by atoms with Gasteiger partial charge in [-0.1, -0.05) is 12.2 Å². The van der Waals surface area contributed by atoms with Crippen LogP contribution in [0.15, 0.2) is 12.2 Å². The van der Waals surface area contributed by atoms with Crippen LogP contribution in [0.1, 0.15) is 6.92 Å². The first-order chi connectivity index (χ1) is 7.35. The van der Waals surface area contributed by atoms with Gasteiger partial charge in [-0.25, -0.2) is 0 Å². The highest BCUT2D eigenvalue weighted by Gasteiger charge is 2.42. The lowest BCUT2D eigenvalue weighted by atomic mass is 10.4. The lowest BCUT2D eigenvalue weighted by Gasteiger charge is -2.37. The lowest BCUT2D eigenvalue weighted by molar-refractivity contribution is -0.00642. The van der Waals surface area contributed by atoms with Crippen LogP contribution < -0.4 is 0 Å². The standard InChI is InChI=1S/C10H19NO3Si/c1-2-3-10-15-12-7-4-11(5-8-13-15)6-9-14-15/h2-3H,4-10H2,1H3/b3-2+. The van der Waals surface area contributed by atoms with E-state index in [1.165, 1.54) is 0 Å². The van der Waals surface area contributed by atoms with Crippen LogP contribution >= 0.6 is 0 Å². The van der Waals surface area contributed by atoms with Gasteiger partial charge in [0.05, 0.1) is 19.8 Å². The summed E-state index contributed by atoms with van der Waals surface area (Å²) in [6.45, 7) is 7.27. The molecule has 2 bridgehead atoms. The van der Waals surface area contributed by atoms with Gasteiger partial charge in [-0.05, 0) is 6.92 Å². The van der Waals surface area contributed by atoms with Crippen LogP contribution in [-0.2, 0) is 13.3 Å². The van der Waals surface area contributed by atoms with Crippen molar-refractivity contribution < 1.29 is 13.3 Å². The average molecular weight is 229 g/mol. The quantitative estimate of drug-likeness (QED) is 0.519. The zero-order valence-corrected chi connectivity index (χ0v) is 10.3. The van der Waals surface area contributed by atoms with E-state index in [2.05, 4.69) is 11.0 Å². The Morgan fingerprint density at radius 2 is 1.60 bits per heavy atom. The van der Waals surface area contributed by atoms with E-state index in [9.17, 15) is 0 Å². The SMILES string of the molecule is C/C=C/C[Si]12OCCN(CCO1)CCO2. The molecule has 3 aliphatic rings. The Balaban J connectivity index is 2.05. The molecule has 3 heterocycles. The van der Waals surface area contributed by atoms with Crippen LogP contribution in [0.4, 0.5) is 0 Å². The van der Waals surface area contributed by atoms with Crippen LogP contribution in [0.2, 0.25) is 6.04 Å². The van der Waals surface area contributed by atoms with Gasteiger partial charge in [-0.3, -0.25) is 4.90 Å². The molecule has 0 amide bonds. The van der Waals surface area contributed by atoms with Crippen LogP contribution in [-0.4, -0.2) is 53.2 Å². The molecule has 0 N–H and O–H groups in total. The molecule has 0 radical (unpaired) electrons. The molecule has 4 nitrogen and oxygen atoms in total. The van der Waals surface area contributed by atoms with Gasteiger partial charge in [-0.15, -0.1) is 0 Å². The Morgan fingerprint density at radius 3 is 2.07 bits per heavy atom. The van der Waals surface area contributed by atoms with Gasteiger partial charge in [0.1, 0.15) is 0 Å². The van der Waals surface area contributed by atoms with Gasteiger partial charge in [0.2, 0.25) is 0 Å². The normalized spacial score (nSPS) is 37.5. The summed E-state index contributed by atoms with van der Waals surface area (Å²) in [6.07, 6.45) is 4.12. The van der Waals surface area contributed by atoms with E-state index in [-0.39, 0.29) is 0 Å². The highest BCUT2D eigenvalue weighted by atomic mass is 28.4. The zero-order valence-electron chi connectivity index (χ0n) is 9.28. The minimum absolute atomic E-state index is 0.740.